The van der Waals surface area contributed by atoms with Crippen LogP contribution in [0, 0.1) is 0 Å². The van der Waals surface area contributed by atoms with Gasteiger partial charge < -0.3 is 25.2 Å². The summed E-state index contributed by atoms with van der Waals surface area (Å²) >= 11 is 0. The lowest BCUT2D eigenvalue weighted by atomic mass is 9.96. The van der Waals surface area contributed by atoms with Gasteiger partial charge in [-0.3, -0.25) is 0 Å². The van der Waals surface area contributed by atoms with Crippen molar-refractivity contribution in [3.8, 4) is 0 Å². The standard InChI is InChI=1S/C7H13FO5/c8-3-7(12)1-4(10)6(11)5(2-9)13-7/h4-6,9-12H,1-3H2/t4-,5-,6+,7-/m1/s1. The van der Waals surface area contributed by atoms with E-state index in [0.717, 1.165) is 0 Å². The minimum absolute atomic E-state index is 0.402. The first-order valence-corrected chi connectivity index (χ1v) is 3.95. The summed E-state index contributed by atoms with van der Waals surface area (Å²) in [6.07, 6.45) is -4.13. The maximum absolute atomic E-state index is 12.2. The predicted octanol–water partition coefficient (Wildman–Crippen LogP) is -1.85. The fourth-order valence-electron chi connectivity index (χ4n) is 1.33. The third-order valence-corrected chi connectivity index (χ3v) is 2.06. The van der Waals surface area contributed by atoms with E-state index in [9.17, 15) is 19.7 Å². The molecule has 0 amide bonds. The highest BCUT2D eigenvalue weighted by molar-refractivity contribution is 4.88. The number of aliphatic hydroxyl groups is 4. The Kier molecular flexibility index (Phi) is 3.20. The van der Waals surface area contributed by atoms with E-state index in [2.05, 4.69) is 4.74 Å². The molecule has 1 rings (SSSR count). The minimum Gasteiger partial charge on any atom is -0.394 e. The first-order valence-electron chi connectivity index (χ1n) is 3.95. The van der Waals surface area contributed by atoms with Crippen molar-refractivity contribution in [2.24, 2.45) is 0 Å². The van der Waals surface area contributed by atoms with Gasteiger partial charge in [-0.05, 0) is 0 Å². The number of halogens is 1. The molecule has 1 saturated heterocycles. The van der Waals surface area contributed by atoms with Gasteiger partial charge >= 0.3 is 0 Å². The molecule has 0 bridgehead atoms. The molecule has 1 aliphatic heterocycles. The molecule has 0 aliphatic carbocycles. The van der Waals surface area contributed by atoms with Crippen LogP contribution in [-0.4, -0.2) is 57.8 Å². The van der Waals surface area contributed by atoms with Crippen LogP contribution in [-0.2, 0) is 4.74 Å². The van der Waals surface area contributed by atoms with Crippen molar-refractivity contribution in [2.75, 3.05) is 13.3 Å². The number of alkyl halides is 1. The van der Waals surface area contributed by atoms with Gasteiger partial charge in [0.1, 0.15) is 18.9 Å². The first kappa shape index (κ1) is 10.8. The Balaban J connectivity index is 2.68. The van der Waals surface area contributed by atoms with Crippen molar-refractivity contribution >= 4 is 0 Å². The zero-order chi connectivity index (χ0) is 10.1. The van der Waals surface area contributed by atoms with Crippen LogP contribution in [0.1, 0.15) is 6.42 Å². The Labute approximate surface area is 74.4 Å². The maximum Gasteiger partial charge on any atom is 0.197 e. The molecule has 1 heterocycles. The van der Waals surface area contributed by atoms with Crippen LogP contribution < -0.4 is 0 Å². The van der Waals surface area contributed by atoms with Crippen LogP contribution in [0.4, 0.5) is 4.39 Å². The van der Waals surface area contributed by atoms with Gasteiger partial charge in [0.05, 0.1) is 12.7 Å². The highest BCUT2D eigenvalue weighted by Gasteiger charge is 2.44. The predicted molar refractivity (Wildman–Crippen MR) is 39.5 cm³/mol. The zero-order valence-corrected chi connectivity index (χ0v) is 6.93. The summed E-state index contributed by atoms with van der Waals surface area (Å²) in [5.74, 6) is -2.09. The van der Waals surface area contributed by atoms with E-state index in [1.54, 1.807) is 0 Å². The van der Waals surface area contributed by atoms with Crippen molar-refractivity contribution in [3.63, 3.8) is 0 Å². The maximum atomic E-state index is 12.2. The van der Waals surface area contributed by atoms with Gasteiger partial charge in [-0.2, -0.15) is 0 Å². The van der Waals surface area contributed by atoms with Gasteiger partial charge in [0, 0.05) is 6.42 Å². The molecule has 4 N–H and O–H groups in total. The minimum atomic E-state index is -2.09. The van der Waals surface area contributed by atoms with Crippen molar-refractivity contribution in [2.45, 2.75) is 30.5 Å². The van der Waals surface area contributed by atoms with E-state index >= 15 is 0 Å². The second-order valence-corrected chi connectivity index (χ2v) is 3.18. The van der Waals surface area contributed by atoms with Crippen molar-refractivity contribution in [1.82, 2.24) is 0 Å². The molecule has 0 aromatic rings. The molecule has 78 valence electrons. The van der Waals surface area contributed by atoms with Gasteiger partial charge in [-0.1, -0.05) is 0 Å². The first-order chi connectivity index (χ1) is 6.02. The smallest absolute Gasteiger partial charge is 0.197 e. The lowest BCUT2D eigenvalue weighted by Crippen LogP contribution is -2.56. The number of hydrogen-bond acceptors (Lipinski definition) is 5. The Morgan fingerprint density at radius 3 is 2.54 bits per heavy atom. The number of ether oxygens (including phenoxy) is 1. The van der Waals surface area contributed by atoms with Gasteiger partial charge in [-0.25, -0.2) is 4.39 Å². The van der Waals surface area contributed by atoms with E-state index < -0.39 is 43.8 Å². The van der Waals surface area contributed by atoms with Gasteiger partial charge in [0.2, 0.25) is 0 Å². The summed E-state index contributed by atoms with van der Waals surface area (Å²) in [6.45, 7) is -1.77. The summed E-state index contributed by atoms with van der Waals surface area (Å²) in [5, 5.41) is 36.3. The summed E-state index contributed by atoms with van der Waals surface area (Å²) in [4.78, 5) is 0. The molecule has 0 unspecified atom stereocenters. The Morgan fingerprint density at radius 2 is 2.08 bits per heavy atom. The quantitative estimate of drug-likeness (QED) is 0.416. The molecule has 1 fully saturated rings. The third kappa shape index (κ3) is 2.15. The molecule has 4 atom stereocenters. The highest BCUT2D eigenvalue weighted by Crippen LogP contribution is 2.27. The summed E-state index contributed by atoms with van der Waals surface area (Å²) in [5.41, 5.74) is 0. The summed E-state index contributed by atoms with van der Waals surface area (Å²) < 4.78 is 16.9. The van der Waals surface area contributed by atoms with Crippen molar-refractivity contribution in [3.05, 3.63) is 0 Å². The Hall–Kier alpha value is -0.270. The van der Waals surface area contributed by atoms with Crippen LogP contribution in [0.15, 0.2) is 0 Å². The fourth-order valence-corrected chi connectivity index (χ4v) is 1.33. The molecule has 1 aliphatic rings. The molecule has 0 spiro atoms. The summed E-state index contributed by atoms with van der Waals surface area (Å²) in [6, 6.07) is 0. The molecule has 13 heavy (non-hydrogen) atoms. The lowest BCUT2D eigenvalue weighted by molar-refractivity contribution is -0.309. The topological polar surface area (TPSA) is 90.2 Å². The monoisotopic (exact) mass is 196 g/mol. The Morgan fingerprint density at radius 1 is 1.46 bits per heavy atom. The lowest BCUT2D eigenvalue weighted by Gasteiger charge is -2.40. The van der Waals surface area contributed by atoms with E-state index in [1.165, 1.54) is 0 Å². The SMILES string of the molecule is OC[C@H]1O[C@@](O)(CF)C[C@@H](O)[C@@H]1O. The van der Waals surface area contributed by atoms with E-state index in [4.69, 9.17) is 5.11 Å². The third-order valence-electron chi connectivity index (χ3n) is 2.06. The average molecular weight is 196 g/mol. The van der Waals surface area contributed by atoms with E-state index in [-0.39, 0.29) is 0 Å². The zero-order valence-electron chi connectivity index (χ0n) is 6.93. The largest absolute Gasteiger partial charge is 0.394 e. The molecule has 0 radical (unpaired) electrons. The van der Waals surface area contributed by atoms with Crippen LogP contribution in [0.3, 0.4) is 0 Å². The average Bonchev–Trinajstić information content (AvgIpc) is 2.11. The molecule has 0 aromatic heterocycles. The molecule has 0 saturated carbocycles. The van der Waals surface area contributed by atoms with E-state index in [0.29, 0.717) is 0 Å². The molecular formula is C7H13FO5. The number of rotatable bonds is 2. The second kappa shape index (κ2) is 3.85. The van der Waals surface area contributed by atoms with E-state index in [1.807, 2.05) is 0 Å². The number of hydrogen-bond donors (Lipinski definition) is 4. The summed E-state index contributed by atoms with van der Waals surface area (Å²) in [7, 11) is 0. The van der Waals surface area contributed by atoms with Crippen LogP contribution in [0.25, 0.3) is 0 Å². The van der Waals surface area contributed by atoms with Crippen LogP contribution >= 0.6 is 0 Å². The van der Waals surface area contributed by atoms with Gasteiger partial charge in [0.15, 0.2) is 5.79 Å². The van der Waals surface area contributed by atoms with Crippen LogP contribution in [0.2, 0.25) is 0 Å². The fraction of sp³-hybridized carbons (Fsp3) is 1.00. The van der Waals surface area contributed by atoms with Crippen molar-refractivity contribution < 1.29 is 29.6 Å². The second-order valence-electron chi connectivity index (χ2n) is 3.18. The van der Waals surface area contributed by atoms with Gasteiger partial charge in [-0.15, -0.1) is 0 Å². The number of aliphatic hydroxyl groups excluding tert-OH is 3. The molecular weight excluding hydrogens is 183 g/mol. The van der Waals surface area contributed by atoms with Gasteiger partial charge in [0.25, 0.3) is 0 Å². The molecule has 6 heteroatoms. The molecule has 0 aromatic carbocycles. The van der Waals surface area contributed by atoms with Crippen molar-refractivity contribution in [1.29, 1.82) is 0 Å². The highest BCUT2D eigenvalue weighted by atomic mass is 19.1. The molecule has 5 nitrogen and oxygen atoms in total. The van der Waals surface area contributed by atoms with Crippen LogP contribution in [0.5, 0.6) is 0 Å². The Bertz CT molecular complexity index is 178. The normalized spacial score (nSPS) is 46.4.